The second-order valence-corrected chi connectivity index (χ2v) is 9.12. The summed E-state index contributed by atoms with van der Waals surface area (Å²) in [7, 11) is 0. The van der Waals surface area contributed by atoms with Crippen molar-refractivity contribution in [1.29, 1.82) is 0 Å². The molecule has 2 heterocycles. The Morgan fingerprint density at radius 3 is 2.38 bits per heavy atom. The van der Waals surface area contributed by atoms with Crippen molar-refractivity contribution < 1.29 is 0 Å². The Labute approximate surface area is 179 Å². The molecule has 4 nitrogen and oxygen atoms in total. The van der Waals surface area contributed by atoms with Crippen LogP contribution in [0.5, 0.6) is 0 Å². The minimum absolute atomic E-state index is 0.481. The number of hydrogen-bond donors (Lipinski definition) is 1. The second kappa shape index (κ2) is 8.05. The first kappa shape index (κ1) is 18.5. The summed E-state index contributed by atoms with van der Waals surface area (Å²) in [6.45, 7) is 0.716. The van der Waals surface area contributed by atoms with E-state index >= 15 is 0 Å². The van der Waals surface area contributed by atoms with Crippen LogP contribution in [0.3, 0.4) is 0 Å². The van der Waals surface area contributed by atoms with E-state index in [0.717, 1.165) is 31.5 Å². The van der Waals surface area contributed by atoms with Gasteiger partial charge in [-0.15, -0.1) is 0 Å². The van der Waals surface area contributed by atoms with Gasteiger partial charge in [-0.05, 0) is 30.6 Å². The van der Waals surface area contributed by atoms with Gasteiger partial charge in [-0.2, -0.15) is 0 Å². The van der Waals surface area contributed by atoms with E-state index in [1.807, 2.05) is 24.3 Å². The number of aromatic nitrogens is 3. The number of thiazole rings is 1. The number of benzene rings is 2. The molecule has 0 radical (unpaired) electrons. The Kier molecular flexibility index (Phi) is 5.12. The molecule has 0 unspecified atom stereocenters. The molecule has 4 aromatic rings. The Bertz CT molecular complexity index is 1180. The zero-order valence-electron chi connectivity index (χ0n) is 16.0. The van der Waals surface area contributed by atoms with Crippen LogP contribution >= 0.6 is 23.6 Å². The quantitative estimate of drug-likeness (QED) is 0.387. The van der Waals surface area contributed by atoms with Crippen molar-refractivity contribution in [3.63, 3.8) is 0 Å². The van der Waals surface area contributed by atoms with Crippen molar-refractivity contribution in [3.05, 3.63) is 70.2 Å². The summed E-state index contributed by atoms with van der Waals surface area (Å²) in [6.07, 6.45) is 4.95. The van der Waals surface area contributed by atoms with Crippen molar-refractivity contribution >= 4 is 39.7 Å². The second-order valence-electron chi connectivity index (χ2n) is 7.48. The van der Waals surface area contributed by atoms with Gasteiger partial charge >= 0.3 is 0 Å². The number of anilines is 1. The maximum absolute atomic E-state index is 5.74. The van der Waals surface area contributed by atoms with Crippen LogP contribution in [0.25, 0.3) is 21.7 Å². The fourth-order valence-corrected chi connectivity index (χ4v) is 5.21. The number of hydrogen-bond acceptors (Lipinski definition) is 5. The summed E-state index contributed by atoms with van der Waals surface area (Å²) in [6, 6.07) is 21.1. The lowest BCUT2D eigenvalue weighted by molar-refractivity contribution is 0.751. The van der Waals surface area contributed by atoms with E-state index in [4.69, 9.17) is 22.2 Å². The highest BCUT2D eigenvalue weighted by Gasteiger charge is 2.20. The maximum Gasteiger partial charge on any atom is 0.163 e. The third kappa shape index (κ3) is 3.82. The minimum atomic E-state index is 0.481. The standard InChI is InChI=1S/C23H22N4S2/c28-23-27(15-16-9-3-1-4-10-16)22-19(29-23)21(24-18-13-7-8-14-18)25-20(26-22)17-11-5-2-6-12-17/h1-6,9-12,18H,7-8,13-15H2,(H,24,25,26). The first-order chi connectivity index (χ1) is 14.3. The molecule has 1 N–H and O–H groups in total. The summed E-state index contributed by atoms with van der Waals surface area (Å²) < 4.78 is 4.02. The molecule has 5 rings (SSSR count). The summed E-state index contributed by atoms with van der Waals surface area (Å²) in [5.41, 5.74) is 3.15. The zero-order chi connectivity index (χ0) is 19.6. The van der Waals surface area contributed by atoms with Gasteiger partial charge in [0.1, 0.15) is 10.5 Å². The highest BCUT2D eigenvalue weighted by Crippen LogP contribution is 2.33. The summed E-state index contributed by atoms with van der Waals surface area (Å²) in [5, 5.41) is 3.70. The molecule has 146 valence electrons. The maximum atomic E-state index is 5.74. The van der Waals surface area contributed by atoms with Crippen LogP contribution < -0.4 is 5.32 Å². The van der Waals surface area contributed by atoms with Crippen LogP contribution in [-0.4, -0.2) is 20.6 Å². The topological polar surface area (TPSA) is 42.7 Å². The van der Waals surface area contributed by atoms with Crippen molar-refractivity contribution in [2.75, 3.05) is 5.32 Å². The average molecular weight is 419 g/mol. The fourth-order valence-electron chi connectivity index (χ4n) is 3.93. The van der Waals surface area contributed by atoms with Gasteiger partial charge in [0.05, 0.1) is 6.54 Å². The Hall–Kier alpha value is -2.57. The van der Waals surface area contributed by atoms with Gasteiger partial charge in [0.15, 0.2) is 15.4 Å². The molecule has 1 saturated carbocycles. The lowest BCUT2D eigenvalue weighted by Gasteiger charge is -2.14. The Morgan fingerprint density at radius 1 is 0.966 bits per heavy atom. The van der Waals surface area contributed by atoms with Gasteiger partial charge in [-0.3, -0.25) is 0 Å². The largest absolute Gasteiger partial charge is 0.366 e. The van der Waals surface area contributed by atoms with Crippen molar-refractivity contribution in [1.82, 2.24) is 14.5 Å². The van der Waals surface area contributed by atoms with Crippen LogP contribution in [0.2, 0.25) is 0 Å². The van der Waals surface area contributed by atoms with Gasteiger partial charge in [0.2, 0.25) is 0 Å². The highest BCUT2D eigenvalue weighted by atomic mass is 32.1. The summed E-state index contributed by atoms with van der Waals surface area (Å²) in [5.74, 6) is 1.66. The third-order valence-electron chi connectivity index (χ3n) is 5.42. The fraction of sp³-hybridized carbons (Fsp3) is 0.261. The first-order valence-electron chi connectivity index (χ1n) is 10.1. The molecule has 2 aromatic heterocycles. The van der Waals surface area contributed by atoms with E-state index in [2.05, 4.69) is 46.3 Å². The lowest BCUT2D eigenvalue weighted by atomic mass is 10.2. The van der Waals surface area contributed by atoms with Gasteiger partial charge < -0.3 is 9.88 Å². The molecule has 0 bridgehead atoms. The van der Waals surface area contributed by atoms with E-state index in [9.17, 15) is 0 Å². The number of fused-ring (bicyclic) bond motifs is 1. The number of nitrogens with one attached hydrogen (secondary N) is 1. The lowest BCUT2D eigenvalue weighted by Crippen LogP contribution is -2.16. The molecular formula is C23H22N4S2. The first-order valence-corrected chi connectivity index (χ1v) is 11.3. The van der Waals surface area contributed by atoms with Crippen LogP contribution in [0.4, 0.5) is 5.82 Å². The van der Waals surface area contributed by atoms with Crippen LogP contribution in [0, 0.1) is 3.95 Å². The normalized spacial score (nSPS) is 14.5. The number of rotatable bonds is 5. The van der Waals surface area contributed by atoms with E-state index in [-0.39, 0.29) is 0 Å². The van der Waals surface area contributed by atoms with E-state index < -0.39 is 0 Å². The van der Waals surface area contributed by atoms with Gasteiger partial charge in [0, 0.05) is 11.6 Å². The van der Waals surface area contributed by atoms with E-state index in [1.165, 1.54) is 31.2 Å². The van der Waals surface area contributed by atoms with Crippen molar-refractivity contribution in [2.45, 2.75) is 38.3 Å². The molecule has 2 aromatic carbocycles. The third-order valence-corrected chi connectivity index (χ3v) is 6.87. The van der Waals surface area contributed by atoms with Crippen LogP contribution in [0.15, 0.2) is 60.7 Å². The molecule has 29 heavy (non-hydrogen) atoms. The van der Waals surface area contributed by atoms with Crippen LogP contribution in [0.1, 0.15) is 31.2 Å². The smallest absolute Gasteiger partial charge is 0.163 e. The molecule has 1 aliphatic rings. The van der Waals surface area contributed by atoms with Gasteiger partial charge in [-0.1, -0.05) is 84.8 Å². The summed E-state index contributed by atoms with van der Waals surface area (Å²) in [4.78, 5) is 9.88. The minimum Gasteiger partial charge on any atom is -0.366 e. The van der Waals surface area contributed by atoms with E-state index in [1.54, 1.807) is 11.3 Å². The van der Waals surface area contributed by atoms with E-state index in [0.29, 0.717) is 12.6 Å². The monoisotopic (exact) mass is 418 g/mol. The van der Waals surface area contributed by atoms with Gasteiger partial charge in [0.25, 0.3) is 0 Å². The summed E-state index contributed by atoms with van der Waals surface area (Å²) >= 11 is 7.34. The molecule has 6 heteroatoms. The molecule has 0 saturated heterocycles. The molecule has 1 fully saturated rings. The highest BCUT2D eigenvalue weighted by molar-refractivity contribution is 7.73. The molecular weight excluding hydrogens is 396 g/mol. The number of nitrogens with zero attached hydrogens (tertiary/aromatic N) is 3. The van der Waals surface area contributed by atoms with Crippen LogP contribution in [-0.2, 0) is 6.54 Å². The predicted octanol–water partition coefficient (Wildman–Crippen LogP) is 6.29. The zero-order valence-corrected chi connectivity index (χ0v) is 17.7. The Morgan fingerprint density at radius 2 is 1.66 bits per heavy atom. The molecule has 0 atom stereocenters. The molecule has 0 aliphatic heterocycles. The Balaban J connectivity index is 1.66. The predicted molar refractivity (Wildman–Crippen MR) is 123 cm³/mol. The SMILES string of the molecule is S=c1sc2c(NC3CCCC3)nc(-c3ccccc3)nc2n1Cc1ccccc1. The van der Waals surface area contributed by atoms with Crippen molar-refractivity contribution in [3.8, 4) is 11.4 Å². The molecule has 0 amide bonds. The molecule has 1 aliphatic carbocycles. The average Bonchev–Trinajstić information content (AvgIpc) is 3.38. The molecule has 0 spiro atoms. The van der Waals surface area contributed by atoms with Crippen molar-refractivity contribution in [2.24, 2.45) is 0 Å². The van der Waals surface area contributed by atoms with Gasteiger partial charge in [-0.25, -0.2) is 9.97 Å².